The Morgan fingerprint density at radius 3 is 2.76 bits per heavy atom. The zero-order valence-electron chi connectivity index (χ0n) is 12.0. The maximum absolute atomic E-state index is 14.0. The van der Waals surface area contributed by atoms with Crippen molar-refractivity contribution >= 4 is 15.7 Å². The van der Waals surface area contributed by atoms with Crippen molar-refractivity contribution in [3.63, 3.8) is 0 Å². The fourth-order valence-corrected chi connectivity index (χ4v) is 4.01. The van der Waals surface area contributed by atoms with Crippen molar-refractivity contribution in [2.24, 2.45) is 0 Å². The molecule has 0 bridgehead atoms. The number of nitrogens with one attached hydrogen (secondary N) is 1. The van der Waals surface area contributed by atoms with E-state index in [4.69, 9.17) is 4.74 Å². The van der Waals surface area contributed by atoms with Crippen LogP contribution in [0, 0.1) is 5.82 Å². The van der Waals surface area contributed by atoms with Gasteiger partial charge in [-0.15, -0.1) is 0 Å². The van der Waals surface area contributed by atoms with Gasteiger partial charge in [0.1, 0.15) is 4.90 Å². The zero-order chi connectivity index (χ0) is 15.3. The molecule has 6 nitrogen and oxygen atoms in total. The Hall–Kier alpha value is -1.25. The molecule has 1 aliphatic rings. The lowest BCUT2D eigenvalue weighted by Crippen LogP contribution is -2.29. The number of anilines is 1. The van der Waals surface area contributed by atoms with Gasteiger partial charge in [-0.25, -0.2) is 12.8 Å². The molecule has 0 unspecified atom stereocenters. The summed E-state index contributed by atoms with van der Waals surface area (Å²) in [6.07, 6.45) is 4.59. The van der Waals surface area contributed by atoms with Crippen molar-refractivity contribution in [2.45, 2.75) is 24.2 Å². The molecule has 0 aromatic carbocycles. The maximum atomic E-state index is 14.0. The third kappa shape index (κ3) is 3.69. The molecule has 8 heteroatoms. The Kier molecular flexibility index (Phi) is 5.49. The van der Waals surface area contributed by atoms with Crippen molar-refractivity contribution in [3.8, 4) is 0 Å². The summed E-state index contributed by atoms with van der Waals surface area (Å²) in [5.74, 6) is -0.821. The Bertz CT molecular complexity index is 574. The summed E-state index contributed by atoms with van der Waals surface area (Å²) in [6.45, 7) is 1.91. The Labute approximate surface area is 124 Å². The molecule has 1 aromatic rings. The highest BCUT2D eigenvalue weighted by Crippen LogP contribution is 2.28. The Morgan fingerprint density at radius 2 is 2.10 bits per heavy atom. The van der Waals surface area contributed by atoms with E-state index in [0.717, 1.165) is 19.0 Å². The van der Waals surface area contributed by atoms with E-state index in [0.29, 0.717) is 32.7 Å². The van der Waals surface area contributed by atoms with Crippen molar-refractivity contribution in [2.75, 3.05) is 38.7 Å². The summed E-state index contributed by atoms with van der Waals surface area (Å²) in [6, 6.07) is 0. The van der Waals surface area contributed by atoms with Crippen LogP contribution in [0.25, 0.3) is 0 Å². The van der Waals surface area contributed by atoms with Gasteiger partial charge in [0.15, 0.2) is 5.82 Å². The molecule has 1 aliphatic heterocycles. The molecule has 1 aromatic heterocycles. The molecule has 1 fully saturated rings. The number of sulfonamides is 1. The van der Waals surface area contributed by atoms with E-state index < -0.39 is 15.8 Å². The van der Waals surface area contributed by atoms with E-state index in [1.54, 1.807) is 7.11 Å². The lowest BCUT2D eigenvalue weighted by molar-refractivity contribution is 0.198. The van der Waals surface area contributed by atoms with Crippen LogP contribution in [-0.4, -0.2) is 51.1 Å². The highest BCUT2D eigenvalue weighted by Gasteiger charge is 2.32. The molecule has 0 aliphatic carbocycles. The highest BCUT2D eigenvalue weighted by molar-refractivity contribution is 7.89. The van der Waals surface area contributed by atoms with E-state index in [-0.39, 0.29) is 10.6 Å². The first-order chi connectivity index (χ1) is 10.1. The van der Waals surface area contributed by atoms with E-state index in [1.807, 2.05) is 0 Å². The summed E-state index contributed by atoms with van der Waals surface area (Å²) in [7, 11) is -2.23. The highest BCUT2D eigenvalue weighted by atomic mass is 32.2. The largest absolute Gasteiger partial charge is 0.385 e. The smallest absolute Gasteiger partial charge is 0.248 e. The lowest BCUT2D eigenvalue weighted by Gasteiger charge is -2.19. The lowest BCUT2D eigenvalue weighted by atomic mass is 10.3. The van der Waals surface area contributed by atoms with Crippen molar-refractivity contribution in [1.29, 1.82) is 0 Å². The van der Waals surface area contributed by atoms with Crippen molar-refractivity contribution in [1.82, 2.24) is 9.29 Å². The molecule has 1 N–H and O–H groups in total. The van der Waals surface area contributed by atoms with Crippen LogP contribution in [-0.2, 0) is 14.8 Å². The number of aromatic nitrogens is 1. The Balaban J connectivity index is 2.24. The number of nitrogens with zero attached hydrogens (tertiary/aromatic N) is 2. The molecule has 0 radical (unpaired) electrons. The first-order valence-corrected chi connectivity index (χ1v) is 8.38. The first kappa shape index (κ1) is 16.1. The number of hydrogen-bond acceptors (Lipinski definition) is 5. The van der Waals surface area contributed by atoms with E-state index in [1.165, 1.54) is 10.5 Å². The van der Waals surface area contributed by atoms with Gasteiger partial charge in [-0.3, -0.25) is 4.98 Å². The molecular formula is C13H20FN3O3S. The number of ether oxygens (including phenoxy) is 1. The van der Waals surface area contributed by atoms with Crippen molar-refractivity contribution < 1.29 is 17.5 Å². The number of pyridine rings is 1. The molecule has 0 amide bonds. The van der Waals surface area contributed by atoms with Gasteiger partial charge in [-0.2, -0.15) is 4.31 Å². The SMILES string of the molecule is COCCCNc1cncc(F)c1S(=O)(=O)N1CCCC1. The zero-order valence-corrected chi connectivity index (χ0v) is 12.8. The summed E-state index contributed by atoms with van der Waals surface area (Å²) in [5, 5.41) is 2.93. The summed E-state index contributed by atoms with van der Waals surface area (Å²) >= 11 is 0. The summed E-state index contributed by atoms with van der Waals surface area (Å²) in [5.41, 5.74) is 0.206. The predicted molar refractivity (Wildman–Crippen MR) is 77.2 cm³/mol. The molecule has 0 saturated carbocycles. The van der Waals surface area contributed by atoms with Crippen LogP contribution in [0.1, 0.15) is 19.3 Å². The second-order valence-corrected chi connectivity index (χ2v) is 6.76. The van der Waals surface area contributed by atoms with Crippen LogP contribution in [0.4, 0.5) is 10.1 Å². The monoisotopic (exact) mass is 317 g/mol. The molecule has 2 rings (SSSR count). The quantitative estimate of drug-likeness (QED) is 0.771. The minimum atomic E-state index is -3.82. The number of halogens is 1. The Morgan fingerprint density at radius 1 is 1.38 bits per heavy atom. The second kappa shape index (κ2) is 7.15. The second-order valence-electron chi connectivity index (χ2n) is 4.88. The summed E-state index contributed by atoms with van der Waals surface area (Å²) in [4.78, 5) is 3.42. The number of methoxy groups -OCH3 is 1. The van der Waals surface area contributed by atoms with E-state index >= 15 is 0 Å². The first-order valence-electron chi connectivity index (χ1n) is 6.94. The van der Waals surface area contributed by atoms with Crippen LogP contribution in [0.2, 0.25) is 0 Å². The average Bonchev–Trinajstić information content (AvgIpc) is 2.98. The molecular weight excluding hydrogens is 297 g/mol. The van der Waals surface area contributed by atoms with Gasteiger partial charge in [0, 0.05) is 33.4 Å². The van der Waals surface area contributed by atoms with Gasteiger partial charge in [-0.1, -0.05) is 0 Å². The van der Waals surface area contributed by atoms with Crippen LogP contribution in [0.15, 0.2) is 17.3 Å². The fraction of sp³-hybridized carbons (Fsp3) is 0.615. The number of hydrogen-bond donors (Lipinski definition) is 1. The van der Waals surface area contributed by atoms with Gasteiger partial charge < -0.3 is 10.1 Å². The van der Waals surface area contributed by atoms with Crippen molar-refractivity contribution in [3.05, 3.63) is 18.2 Å². The summed E-state index contributed by atoms with van der Waals surface area (Å²) < 4.78 is 45.4. The standard InChI is InChI=1S/C13H20FN3O3S/c1-20-8-4-5-16-12-10-15-9-11(14)13(12)21(18,19)17-6-2-3-7-17/h9-10,16H,2-8H2,1H3. The van der Waals surface area contributed by atoms with E-state index in [2.05, 4.69) is 10.3 Å². The topological polar surface area (TPSA) is 71.5 Å². The fourth-order valence-electron chi connectivity index (χ4n) is 2.31. The van der Waals surface area contributed by atoms with Gasteiger partial charge in [-0.05, 0) is 19.3 Å². The molecule has 1 saturated heterocycles. The van der Waals surface area contributed by atoms with Crippen LogP contribution in [0.5, 0.6) is 0 Å². The van der Waals surface area contributed by atoms with Gasteiger partial charge in [0.2, 0.25) is 10.0 Å². The van der Waals surface area contributed by atoms with Gasteiger partial charge in [0.05, 0.1) is 18.1 Å². The molecule has 118 valence electrons. The van der Waals surface area contributed by atoms with E-state index in [9.17, 15) is 12.8 Å². The molecule has 0 spiro atoms. The maximum Gasteiger partial charge on any atom is 0.248 e. The minimum Gasteiger partial charge on any atom is -0.385 e. The van der Waals surface area contributed by atoms with Gasteiger partial charge >= 0.3 is 0 Å². The molecule has 2 heterocycles. The van der Waals surface area contributed by atoms with Gasteiger partial charge in [0.25, 0.3) is 0 Å². The normalized spacial score (nSPS) is 16.3. The number of rotatable bonds is 7. The average molecular weight is 317 g/mol. The minimum absolute atomic E-state index is 0.206. The molecule has 21 heavy (non-hydrogen) atoms. The van der Waals surface area contributed by atoms with Crippen LogP contribution in [0.3, 0.4) is 0 Å². The predicted octanol–water partition coefficient (Wildman–Crippen LogP) is 1.45. The van der Waals surface area contributed by atoms with Crippen LogP contribution < -0.4 is 5.32 Å². The van der Waals surface area contributed by atoms with Crippen LogP contribution >= 0.6 is 0 Å². The molecule has 0 atom stereocenters. The third-order valence-corrected chi connectivity index (χ3v) is 5.33. The third-order valence-electron chi connectivity index (χ3n) is 3.36.